The summed E-state index contributed by atoms with van der Waals surface area (Å²) < 4.78 is 0. The third-order valence-electron chi connectivity index (χ3n) is 6.08. The molecule has 13 heteroatoms. The normalized spacial score (nSPS) is 13.6. The molecular formula is C28H38N6O6S. The van der Waals surface area contributed by atoms with Gasteiger partial charge in [0, 0.05) is 6.42 Å². The number of nitrogens with one attached hydrogen (secondary N) is 4. The van der Waals surface area contributed by atoms with E-state index in [1.54, 1.807) is 36.4 Å². The van der Waals surface area contributed by atoms with Crippen LogP contribution in [0, 0.1) is 0 Å². The SMILES string of the molecule is CSCC[C@@H](NC(=O)[C@@H](N)Cc1ccc(O)cc1)C(=O)N[C@@H](C)C(=O)N[C@@H](Cc1ccccc1)C(=O)NCC(N)=O. The number of hydrogen-bond acceptors (Lipinski definition) is 8. The first-order valence-corrected chi connectivity index (χ1v) is 14.4. The zero-order valence-electron chi connectivity index (χ0n) is 23.1. The predicted octanol–water partition coefficient (Wildman–Crippen LogP) is -0.666. The lowest BCUT2D eigenvalue weighted by atomic mass is 10.0. The number of carbonyl (C=O) groups is 5. The maximum Gasteiger partial charge on any atom is 0.243 e. The van der Waals surface area contributed by atoms with Crippen LogP contribution in [-0.2, 0) is 36.8 Å². The molecule has 0 aliphatic carbocycles. The van der Waals surface area contributed by atoms with Crippen molar-refractivity contribution in [3.05, 3.63) is 65.7 Å². The van der Waals surface area contributed by atoms with E-state index >= 15 is 0 Å². The minimum atomic E-state index is -1.05. The summed E-state index contributed by atoms with van der Waals surface area (Å²) in [6.07, 6.45) is 2.50. The predicted molar refractivity (Wildman–Crippen MR) is 157 cm³/mol. The van der Waals surface area contributed by atoms with Gasteiger partial charge in [-0.25, -0.2) is 0 Å². The van der Waals surface area contributed by atoms with E-state index in [0.29, 0.717) is 12.2 Å². The van der Waals surface area contributed by atoms with Crippen molar-refractivity contribution in [2.75, 3.05) is 18.6 Å². The van der Waals surface area contributed by atoms with Gasteiger partial charge in [-0.2, -0.15) is 11.8 Å². The molecule has 0 unspecified atom stereocenters. The minimum absolute atomic E-state index is 0.0939. The number of nitrogens with two attached hydrogens (primary N) is 2. The first-order valence-electron chi connectivity index (χ1n) is 13.0. The van der Waals surface area contributed by atoms with Crippen LogP contribution >= 0.6 is 11.8 Å². The summed E-state index contributed by atoms with van der Waals surface area (Å²) in [4.78, 5) is 62.7. The molecule has 222 valence electrons. The van der Waals surface area contributed by atoms with Gasteiger partial charge in [0.05, 0.1) is 12.6 Å². The number of hydrogen-bond donors (Lipinski definition) is 7. The van der Waals surface area contributed by atoms with Gasteiger partial charge in [0.25, 0.3) is 0 Å². The van der Waals surface area contributed by atoms with Crippen LogP contribution < -0.4 is 32.7 Å². The second kappa shape index (κ2) is 16.9. The Morgan fingerprint density at radius 3 is 2.02 bits per heavy atom. The van der Waals surface area contributed by atoms with Gasteiger partial charge in [-0.05, 0) is 55.0 Å². The third-order valence-corrected chi connectivity index (χ3v) is 6.72. The number of carbonyl (C=O) groups excluding carboxylic acids is 5. The molecule has 2 aromatic rings. The van der Waals surface area contributed by atoms with Crippen molar-refractivity contribution in [3.8, 4) is 5.75 Å². The number of amides is 5. The van der Waals surface area contributed by atoms with E-state index in [0.717, 1.165) is 11.1 Å². The fraction of sp³-hybridized carbons (Fsp3) is 0.393. The number of phenols is 1. The smallest absolute Gasteiger partial charge is 0.243 e. The van der Waals surface area contributed by atoms with Gasteiger partial charge in [-0.3, -0.25) is 24.0 Å². The Bertz CT molecular complexity index is 1180. The molecule has 0 saturated heterocycles. The Balaban J connectivity index is 2.03. The van der Waals surface area contributed by atoms with Crippen molar-refractivity contribution in [3.63, 3.8) is 0 Å². The van der Waals surface area contributed by atoms with E-state index in [1.807, 2.05) is 12.3 Å². The number of primary amides is 1. The van der Waals surface area contributed by atoms with Crippen LogP contribution in [0.5, 0.6) is 5.75 Å². The van der Waals surface area contributed by atoms with E-state index < -0.39 is 60.2 Å². The summed E-state index contributed by atoms with van der Waals surface area (Å²) in [6.45, 7) is 1.07. The van der Waals surface area contributed by atoms with Gasteiger partial charge in [0.15, 0.2) is 0 Å². The molecule has 4 atom stereocenters. The van der Waals surface area contributed by atoms with E-state index in [9.17, 15) is 29.1 Å². The van der Waals surface area contributed by atoms with Crippen molar-refractivity contribution in [1.82, 2.24) is 21.3 Å². The second-order valence-electron chi connectivity index (χ2n) is 9.49. The summed E-state index contributed by atoms with van der Waals surface area (Å²) in [7, 11) is 0. The quantitative estimate of drug-likeness (QED) is 0.134. The summed E-state index contributed by atoms with van der Waals surface area (Å²) >= 11 is 1.49. The summed E-state index contributed by atoms with van der Waals surface area (Å²) in [5, 5.41) is 19.7. The van der Waals surface area contributed by atoms with Crippen LogP contribution in [0.3, 0.4) is 0 Å². The van der Waals surface area contributed by atoms with Gasteiger partial charge in [0.2, 0.25) is 29.5 Å². The standard InChI is InChI=1S/C28H38N6O6S/c1-17(25(37)34-23(27(39)31-16-24(30)36)15-18-6-4-3-5-7-18)32-28(40)22(12-13-41-2)33-26(38)21(29)14-19-8-10-20(35)11-9-19/h3-11,17,21-23,35H,12-16,29H2,1-2H3,(H2,30,36)(H,31,39)(H,32,40)(H,33,38)(H,34,37)/t17-,21-,22+,23-/m0/s1. The van der Waals surface area contributed by atoms with Crippen LogP contribution in [0.15, 0.2) is 54.6 Å². The van der Waals surface area contributed by atoms with Gasteiger partial charge in [-0.1, -0.05) is 42.5 Å². The molecule has 9 N–H and O–H groups in total. The number of benzene rings is 2. The monoisotopic (exact) mass is 586 g/mol. The maximum atomic E-state index is 13.1. The Morgan fingerprint density at radius 1 is 0.805 bits per heavy atom. The van der Waals surface area contributed by atoms with E-state index in [4.69, 9.17) is 11.5 Å². The molecule has 0 bridgehead atoms. The van der Waals surface area contributed by atoms with E-state index in [-0.39, 0.29) is 18.6 Å². The number of thioether (sulfide) groups is 1. The molecule has 5 amide bonds. The molecule has 0 fully saturated rings. The Hall–Kier alpha value is -4.10. The Kier molecular flexibility index (Phi) is 13.6. The molecule has 0 radical (unpaired) electrons. The van der Waals surface area contributed by atoms with Crippen molar-refractivity contribution >= 4 is 41.3 Å². The molecule has 0 aliphatic rings. The summed E-state index contributed by atoms with van der Waals surface area (Å²) in [5.41, 5.74) is 12.7. The Labute approximate surface area is 243 Å². The molecule has 0 saturated carbocycles. The van der Waals surface area contributed by atoms with Crippen LogP contribution in [0.25, 0.3) is 0 Å². The largest absolute Gasteiger partial charge is 0.508 e. The third kappa shape index (κ3) is 11.9. The van der Waals surface area contributed by atoms with Crippen molar-refractivity contribution in [1.29, 1.82) is 0 Å². The molecule has 12 nitrogen and oxygen atoms in total. The average Bonchev–Trinajstić information content (AvgIpc) is 2.94. The van der Waals surface area contributed by atoms with Crippen LogP contribution in [-0.4, -0.2) is 77.4 Å². The summed E-state index contributed by atoms with van der Waals surface area (Å²) in [6, 6.07) is 11.3. The zero-order valence-corrected chi connectivity index (χ0v) is 23.9. The van der Waals surface area contributed by atoms with Crippen LogP contribution in [0.4, 0.5) is 0 Å². The lowest BCUT2D eigenvalue weighted by Gasteiger charge is -2.24. The topological polar surface area (TPSA) is 206 Å². The fourth-order valence-corrected chi connectivity index (χ4v) is 4.27. The molecule has 0 aliphatic heterocycles. The lowest BCUT2D eigenvalue weighted by molar-refractivity contribution is -0.133. The van der Waals surface area contributed by atoms with Crippen molar-refractivity contribution in [2.24, 2.45) is 11.5 Å². The highest BCUT2D eigenvalue weighted by Gasteiger charge is 2.28. The highest BCUT2D eigenvalue weighted by Crippen LogP contribution is 2.11. The van der Waals surface area contributed by atoms with Gasteiger partial charge < -0.3 is 37.8 Å². The highest BCUT2D eigenvalue weighted by atomic mass is 32.2. The average molecular weight is 587 g/mol. The van der Waals surface area contributed by atoms with Gasteiger partial charge in [-0.15, -0.1) is 0 Å². The van der Waals surface area contributed by atoms with Crippen molar-refractivity contribution in [2.45, 2.75) is 50.4 Å². The molecule has 2 rings (SSSR count). The fourth-order valence-electron chi connectivity index (χ4n) is 3.79. The van der Waals surface area contributed by atoms with Crippen molar-refractivity contribution < 1.29 is 29.1 Å². The zero-order chi connectivity index (χ0) is 30.4. The van der Waals surface area contributed by atoms with Gasteiger partial charge in [0.1, 0.15) is 23.9 Å². The van der Waals surface area contributed by atoms with Crippen LogP contribution in [0.2, 0.25) is 0 Å². The number of rotatable bonds is 16. The highest BCUT2D eigenvalue weighted by molar-refractivity contribution is 7.98. The molecular weight excluding hydrogens is 548 g/mol. The Morgan fingerprint density at radius 2 is 1.41 bits per heavy atom. The lowest BCUT2D eigenvalue weighted by Crippen LogP contribution is -2.57. The maximum absolute atomic E-state index is 13.1. The summed E-state index contributed by atoms with van der Waals surface area (Å²) in [5.74, 6) is -2.43. The first kappa shape index (κ1) is 33.1. The molecule has 2 aromatic carbocycles. The van der Waals surface area contributed by atoms with E-state index in [2.05, 4.69) is 21.3 Å². The first-order chi connectivity index (χ1) is 19.5. The molecule has 41 heavy (non-hydrogen) atoms. The second-order valence-corrected chi connectivity index (χ2v) is 10.5. The van der Waals surface area contributed by atoms with Crippen LogP contribution in [0.1, 0.15) is 24.5 Å². The number of aromatic hydroxyl groups is 1. The molecule has 0 spiro atoms. The molecule has 0 heterocycles. The van der Waals surface area contributed by atoms with Gasteiger partial charge >= 0.3 is 0 Å². The van der Waals surface area contributed by atoms with E-state index in [1.165, 1.54) is 30.8 Å². The number of phenolic OH excluding ortho intramolecular Hbond substituents is 1. The minimum Gasteiger partial charge on any atom is -0.508 e. The molecule has 0 aromatic heterocycles.